The lowest BCUT2D eigenvalue weighted by molar-refractivity contribution is -0.162. The summed E-state index contributed by atoms with van der Waals surface area (Å²) in [5.74, 6) is 0.722. The van der Waals surface area contributed by atoms with E-state index in [1.807, 2.05) is 0 Å². The quantitative estimate of drug-likeness (QED) is 0.655. The van der Waals surface area contributed by atoms with Crippen molar-refractivity contribution < 1.29 is 9.90 Å². The lowest BCUT2D eigenvalue weighted by Crippen LogP contribution is -2.56. The summed E-state index contributed by atoms with van der Waals surface area (Å²) in [6.45, 7) is 0. The third kappa shape index (κ3) is 1.08. The summed E-state index contributed by atoms with van der Waals surface area (Å²) < 4.78 is 0.0580. The van der Waals surface area contributed by atoms with Gasteiger partial charge in [-0.15, -0.1) is 0 Å². The van der Waals surface area contributed by atoms with Gasteiger partial charge in [-0.3, -0.25) is 4.79 Å². The molecule has 4 aliphatic carbocycles. The molecule has 4 saturated carbocycles. The average molecular weight is 212 g/mol. The van der Waals surface area contributed by atoms with E-state index in [0.717, 1.165) is 32.1 Å². The molecular formula is C11H16O2S. The van der Waals surface area contributed by atoms with E-state index in [-0.39, 0.29) is 4.75 Å². The largest absolute Gasteiger partial charge is 0.481 e. The fourth-order valence-electron chi connectivity index (χ4n) is 4.46. The Kier molecular flexibility index (Phi) is 1.61. The normalized spacial score (nSPS) is 54.9. The molecule has 4 atom stereocenters. The Morgan fingerprint density at radius 1 is 1.21 bits per heavy atom. The Morgan fingerprint density at radius 3 is 2.21 bits per heavy atom. The summed E-state index contributed by atoms with van der Waals surface area (Å²) in [6, 6.07) is 0. The SMILES string of the molecule is O=C(O)C12C[C@@H]3C[C@@H](CC(S)(C3)C1)C2. The molecule has 2 unspecified atom stereocenters. The molecule has 2 nitrogen and oxygen atoms in total. The van der Waals surface area contributed by atoms with Crippen LogP contribution in [-0.4, -0.2) is 15.8 Å². The van der Waals surface area contributed by atoms with Crippen LogP contribution in [0, 0.1) is 17.3 Å². The molecular weight excluding hydrogens is 196 g/mol. The van der Waals surface area contributed by atoms with Crippen LogP contribution in [0.2, 0.25) is 0 Å². The first-order chi connectivity index (χ1) is 6.51. The van der Waals surface area contributed by atoms with Gasteiger partial charge in [-0.05, 0) is 50.4 Å². The maximum Gasteiger partial charge on any atom is 0.309 e. The van der Waals surface area contributed by atoms with Gasteiger partial charge in [-0.1, -0.05) is 0 Å². The first-order valence-electron chi connectivity index (χ1n) is 5.47. The van der Waals surface area contributed by atoms with Crippen LogP contribution in [0.5, 0.6) is 0 Å². The number of carboxylic acids is 1. The zero-order valence-electron chi connectivity index (χ0n) is 8.20. The van der Waals surface area contributed by atoms with E-state index in [2.05, 4.69) is 0 Å². The molecule has 0 aromatic heterocycles. The van der Waals surface area contributed by atoms with Crippen molar-refractivity contribution in [3.8, 4) is 0 Å². The minimum absolute atomic E-state index is 0.0580. The molecule has 3 heteroatoms. The second kappa shape index (κ2) is 2.49. The minimum Gasteiger partial charge on any atom is -0.481 e. The lowest BCUT2D eigenvalue weighted by atomic mass is 9.49. The summed E-state index contributed by atoms with van der Waals surface area (Å²) in [5, 5.41) is 9.36. The van der Waals surface area contributed by atoms with Gasteiger partial charge in [0.05, 0.1) is 5.41 Å². The van der Waals surface area contributed by atoms with Gasteiger partial charge in [0.15, 0.2) is 0 Å². The maximum absolute atomic E-state index is 11.4. The molecule has 0 aliphatic heterocycles. The van der Waals surface area contributed by atoms with Gasteiger partial charge in [-0.2, -0.15) is 12.6 Å². The molecule has 4 fully saturated rings. The number of carboxylic acid groups (broad SMARTS) is 1. The molecule has 4 aliphatic rings. The average Bonchev–Trinajstić information content (AvgIpc) is 1.98. The molecule has 0 radical (unpaired) electrons. The zero-order valence-corrected chi connectivity index (χ0v) is 9.09. The third-order valence-corrected chi connectivity index (χ3v) is 5.01. The van der Waals surface area contributed by atoms with Crippen LogP contribution in [0.1, 0.15) is 38.5 Å². The number of aliphatic carboxylic acids is 1. The van der Waals surface area contributed by atoms with Crippen LogP contribution in [0.25, 0.3) is 0 Å². The van der Waals surface area contributed by atoms with Crippen LogP contribution in [-0.2, 0) is 4.79 Å². The molecule has 0 amide bonds. The molecule has 0 spiro atoms. The van der Waals surface area contributed by atoms with Gasteiger partial charge in [0.1, 0.15) is 0 Å². The smallest absolute Gasteiger partial charge is 0.309 e. The second-order valence-electron chi connectivity index (χ2n) is 5.77. The zero-order chi connectivity index (χ0) is 9.97. The van der Waals surface area contributed by atoms with Crippen molar-refractivity contribution in [3.05, 3.63) is 0 Å². The van der Waals surface area contributed by atoms with Gasteiger partial charge in [0.25, 0.3) is 0 Å². The molecule has 78 valence electrons. The van der Waals surface area contributed by atoms with Crippen LogP contribution in [0.4, 0.5) is 0 Å². The van der Waals surface area contributed by atoms with Crippen molar-refractivity contribution in [1.29, 1.82) is 0 Å². The Labute approximate surface area is 89.5 Å². The number of thiol groups is 1. The van der Waals surface area contributed by atoms with Crippen LogP contribution in [0.15, 0.2) is 0 Å². The van der Waals surface area contributed by atoms with Crippen LogP contribution >= 0.6 is 12.6 Å². The first-order valence-corrected chi connectivity index (χ1v) is 5.92. The highest BCUT2D eigenvalue weighted by Gasteiger charge is 2.59. The van der Waals surface area contributed by atoms with Crippen molar-refractivity contribution in [2.45, 2.75) is 43.3 Å². The number of hydrogen-bond acceptors (Lipinski definition) is 2. The molecule has 0 aromatic rings. The summed E-state index contributed by atoms with van der Waals surface area (Å²) in [7, 11) is 0. The molecule has 0 aromatic carbocycles. The van der Waals surface area contributed by atoms with Gasteiger partial charge < -0.3 is 5.11 Å². The van der Waals surface area contributed by atoms with E-state index in [0.29, 0.717) is 11.8 Å². The summed E-state index contributed by atoms with van der Waals surface area (Å²) in [4.78, 5) is 11.4. The molecule has 0 heterocycles. The molecule has 4 rings (SSSR count). The van der Waals surface area contributed by atoms with Crippen molar-refractivity contribution >= 4 is 18.6 Å². The number of rotatable bonds is 1. The Morgan fingerprint density at radius 2 is 1.79 bits per heavy atom. The van der Waals surface area contributed by atoms with Gasteiger partial charge in [0, 0.05) is 4.75 Å². The van der Waals surface area contributed by atoms with Gasteiger partial charge in [0.2, 0.25) is 0 Å². The maximum atomic E-state index is 11.4. The minimum atomic E-state index is -0.565. The predicted octanol–water partition coefficient (Wildman–Crippen LogP) is 2.34. The van der Waals surface area contributed by atoms with E-state index < -0.39 is 11.4 Å². The van der Waals surface area contributed by atoms with E-state index in [1.54, 1.807) is 0 Å². The molecule has 4 bridgehead atoms. The van der Waals surface area contributed by atoms with Crippen molar-refractivity contribution in [3.63, 3.8) is 0 Å². The van der Waals surface area contributed by atoms with Crippen molar-refractivity contribution in [2.75, 3.05) is 0 Å². The van der Waals surface area contributed by atoms with Crippen molar-refractivity contribution in [1.82, 2.24) is 0 Å². The summed E-state index contributed by atoms with van der Waals surface area (Å²) in [6.07, 6.45) is 6.22. The van der Waals surface area contributed by atoms with E-state index in [9.17, 15) is 9.90 Å². The van der Waals surface area contributed by atoms with E-state index >= 15 is 0 Å². The second-order valence-corrected chi connectivity index (χ2v) is 6.72. The fourth-order valence-corrected chi connectivity index (χ4v) is 5.28. The summed E-state index contributed by atoms with van der Waals surface area (Å²) in [5.41, 5.74) is -0.397. The highest BCUT2D eigenvalue weighted by Crippen LogP contribution is 2.63. The molecule has 1 N–H and O–H groups in total. The third-order valence-electron chi connectivity index (χ3n) is 4.48. The van der Waals surface area contributed by atoms with Gasteiger partial charge in [-0.25, -0.2) is 0 Å². The number of hydrogen-bond donors (Lipinski definition) is 2. The fraction of sp³-hybridized carbons (Fsp3) is 0.909. The lowest BCUT2D eigenvalue weighted by Gasteiger charge is -2.58. The van der Waals surface area contributed by atoms with Gasteiger partial charge >= 0.3 is 5.97 Å². The Bertz CT molecular complexity index is 286. The standard InChI is InChI=1S/C11H16O2S/c12-9(13)10-2-7-1-8(3-10)5-11(14,4-7)6-10/h7-8,14H,1-6H2,(H,12,13)/t7-,8+,10?,11?. The Hall–Kier alpha value is -0.180. The van der Waals surface area contributed by atoms with Crippen LogP contribution < -0.4 is 0 Å². The summed E-state index contributed by atoms with van der Waals surface area (Å²) >= 11 is 4.74. The monoisotopic (exact) mass is 212 g/mol. The predicted molar refractivity (Wildman–Crippen MR) is 56.5 cm³/mol. The van der Waals surface area contributed by atoms with Crippen molar-refractivity contribution in [2.24, 2.45) is 17.3 Å². The topological polar surface area (TPSA) is 37.3 Å². The van der Waals surface area contributed by atoms with E-state index in [1.165, 1.54) is 6.42 Å². The molecule has 14 heavy (non-hydrogen) atoms. The highest BCUT2D eigenvalue weighted by molar-refractivity contribution is 7.81. The Balaban J connectivity index is 2.00. The number of carbonyl (C=O) groups is 1. The van der Waals surface area contributed by atoms with Crippen LogP contribution in [0.3, 0.4) is 0 Å². The first kappa shape index (κ1) is 9.08. The molecule has 0 saturated heterocycles. The van der Waals surface area contributed by atoms with E-state index in [4.69, 9.17) is 12.6 Å². The highest BCUT2D eigenvalue weighted by atomic mass is 32.1.